The van der Waals surface area contributed by atoms with Crippen molar-refractivity contribution in [3.05, 3.63) is 51.9 Å². The molecule has 1 N–H and O–H groups in total. The Morgan fingerprint density at radius 3 is 2.50 bits per heavy atom. The molecule has 2 rings (SSSR count). The largest absolute Gasteiger partial charge is 0.268 e. The van der Waals surface area contributed by atoms with Crippen molar-refractivity contribution in [1.29, 1.82) is 0 Å². The van der Waals surface area contributed by atoms with Gasteiger partial charge in [-0.05, 0) is 17.7 Å². The Morgan fingerprint density at radius 2 is 1.86 bits per heavy atom. The summed E-state index contributed by atoms with van der Waals surface area (Å²) in [7, 11) is 0. The van der Waals surface area contributed by atoms with Crippen molar-refractivity contribution in [3.8, 4) is 11.1 Å². The lowest BCUT2D eigenvalue weighted by Crippen LogP contribution is -2.05. The fourth-order valence-corrected chi connectivity index (χ4v) is 1.30. The molecule has 1 aromatic heterocycles. The first-order chi connectivity index (χ1) is 6.75. The van der Waals surface area contributed by atoms with E-state index in [1.165, 1.54) is 6.07 Å². The van der Waals surface area contributed by atoms with E-state index < -0.39 is 0 Å². The Morgan fingerprint density at radius 1 is 1.14 bits per heavy atom. The number of nitrogens with zero attached hydrogens (tertiary/aromatic N) is 1. The van der Waals surface area contributed by atoms with E-state index in [1.807, 2.05) is 12.1 Å². The molecule has 0 amide bonds. The van der Waals surface area contributed by atoms with E-state index in [-0.39, 0.29) is 5.56 Å². The van der Waals surface area contributed by atoms with E-state index in [2.05, 4.69) is 10.2 Å². The van der Waals surface area contributed by atoms with Crippen molar-refractivity contribution in [1.82, 2.24) is 10.2 Å². The Hall–Kier alpha value is -1.61. The summed E-state index contributed by atoms with van der Waals surface area (Å²) in [6, 6.07) is 8.74. The Bertz CT molecular complexity index is 490. The first-order valence-corrected chi connectivity index (χ1v) is 4.44. The fraction of sp³-hybridized carbons (Fsp3) is 0. The molecule has 14 heavy (non-hydrogen) atoms. The van der Waals surface area contributed by atoms with Gasteiger partial charge in [0.25, 0.3) is 5.56 Å². The minimum Gasteiger partial charge on any atom is -0.268 e. The summed E-state index contributed by atoms with van der Waals surface area (Å²) < 4.78 is 0. The maximum absolute atomic E-state index is 11.0. The third-order valence-electron chi connectivity index (χ3n) is 1.84. The molecule has 0 spiro atoms. The lowest BCUT2D eigenvalue weighted by Gasteiger charge is -1.99. The summed E-state index contributed by atoms with van der Waals surface area (Å²) in [6.45, 7) is 0. The third-order valence-corrected chi connectivity index (χ3v) is 2.09. The summed E-state index contributed by atoms with van der Waals surface area (Å²) in [5.74, 6) is 0. The predicted molar refractivity (Wildman–Crippen MR) is 55.3 cm³/mol. The number of H-pyrrole nitrogens is 1. The van der Waals surface area contributed by atoms with Crippen LogP contribution in [0.15, 0.2) is 41.3 Å². The predicted octanol–water partition coefficient (Wildman–Crippen LogP) is 2.09. The first kappa shape index (κ1) is 8.97. The zero-order chi connectivity index (χ0) is 9.97. The van der Waals surface area contributed by atoms with E-state index in [4.69, 9.17) is 11.6 Å². The molecular formula is C10H7ClN2O. The molecule has 2 aromatic rings. The van der Waals surface area contributed by atoms with E-state index in [0.717, 1.165) is 11.1 Å². The highest BCUT2D eigenvalue weighted by Gasteiger charge is 1.97. The lowest BCUT2D eigenvalue weighted by atomic mass is 10.1. The number of halogens is 1. The minimum atomic E-state index is -0.211. The second-order valence-corrected chi connectivity index (χ2v) is 3.28. The van der Waals surface area contributed by atoms with Crippen LogP contribution < -0.4 is 5.56 Å². The number of hydrogen-bond donors (Lipinski definition) is 1. The molecule has 0 atom stereocenters. The lowest BCUT2D eigenvalue weighted by molar-refractivity contribution is 0.991. The number of benzene rings is 1. The van der Waals surface area contributed by atoms with Crippen molar-refractivity contribution in [3.63, 3.8) is 0 Å². The maximum Gasteiger partial charge on any atom is 0.264 e. The zero-order valence-electron chi connectivity index (χ0n) is 7.20. The highest BCUT2D eigenvalue weighted by Crippen LogP contribution is 2.18. The SMILES string of the molecule is O=c1cc(-c2ccc(Cl)cc2)cn[nH]1. The highest BCUT2D eigenvalue weighted by atomic mass is 35.5. The minimum absolute atomic E-state index is 0.211. The molecule has 0 radical (unpaired) electrons. The van der Waals surface area contributed by atoms with Gasteiger partial charge < -0.3 is 0 Å². The van der Waals surface area contributed by atoms with Gasteiger partial charge in [-0.25, -0.2) is 5.10 Å². The van der Waals surface area contributed by atoms with E-state index >= 15 is 0 Å². The van der Waals surface area contributed by atoms with Crippen LogP contribution in [0, 0.1) is 0 Å². The summed E-state index contributed by atoms with van der Waals surface area (Å²) in [5, 5.41) is 6.71. The molecule has 0 unspecified atom stereocenters. The van der Waals surface area contributed by atoms with Crippen LogP contribution in [0.5, 0.6) is 0 Å². The van der Waals surface area contributed by atoms with Crippen molar-refractivity contribution < 1.29 is 0 Å². The molecule has 1 aromatic carbocycles. The number of aromatic amines is 1. The summed E-state index contributed by atoms with van der Waals surface area (Å²) in [6.07, 6.45) is 1.60. The van der Waals surface area contributed by atoms with Gasteiger partial charge in [0, 0.05) is 16.7 Å². The topological polar surface area (TPSA) is 45.8 Å². The maximum atomic E-state index is 11.0. The molecule has 0 saturated carbocycles. The molecule has 3 nitrogen and oxygen atoms in total. The standard InChI is InChI=1S/C10H7ClN2O/c11-9-3-1-7(2-4-9)8-5-10(14)13-12-6-8/h1-6H,(H,13,14). The van der Waals surface area contributed by atoms with Gasteiger partial charge >= 0.3 is 0 Å². The van der Waals surface area contributed by atoms with Crippen LogP contribution in [0.2, 0.25) is 5.02 Å². The van der Waals surface area contributed by atoms with Crippen molar-refractivity contribution in [2.45, 2.75) is 0 Å². The molecule has 4 heteroatoms. The van der Waals surface area contributed by atoms with Crippen LogP contribution in [0.1, 0.15) is 0 Å². The van der Waals surface area contributed by atoms with Crippen molar-refractivity contribution in [2.75, 3.05) is 0 Å². The molecule has 1 heterocycles. The molecule has 0 aliphatic heterocycles. The summed E-state index contributed by atoms with van der Waals surface area (Å²) >= 11 is 5.75. The Balaban J connectivity index is 2.50. The van der Waals surface area contributed by atoms with Gasteiger partial charge in [0.1, 0.15) is 0 Å². The smallest absolute Gasteiger partial charge is 0.264 e. The number of hydrogen-bond acceptors (Lipinski definition) is 2. The molecule has 0 saturated heterocycles. The summed E-state index contributed by atoms with van der Waals surface area (Å²) in [4.78, 5) is 11.0. The third kappa shape index (κ3) is 1.83. The number of nitrogens with one attached hydrogen (secondary N) is 1. The van der Waals surface area contributed by atoms with Crippen LogP contribution in [0.3, 0.4) is 0 Å². The zero-order valence-corrected chi connectivity index (χ0v) is 7.95. The quantitative estimate of drug-likeness (QED) is 0.777. The van der Waals surface area contributed by atoms with Gasteiger partial charge in [-0.3, -0.25) is 4.79 Å². The highest BCUT2D eigenvalue weighted by molar-refractivity contribution is 6.30. The van der Waals surface area contributed by atoms with Crippen LogP contribution >= 0.6 is 11.6 Å². The first-order valence-electron chi connectivity index (χ1n) is 4.06. The Labute approximate surface area is 85.4 Å². The fourth-order valence-electron chi connectivity index (χ4n) is 1.18. The van der Waals surface area contributed by atoms with Gasteiger partial charge in [-0.2, -0.15) is 5.10 Å². The average molecular weight is 207 g/mol. The van der Waals surface area contributed by atoms with Gasteiger partial charge in [0.2, 0.25) is 0 Å². The van der Waals surface area contributed by atoms with Crippen LogP contribution in [-0.4, -0.2) is 10.2 Å². The van der Waals surface area contributed by atoms with Crippen molar-refractivity contribution >= 4 is 11.6 Å². The molecule has 0 fully saturated rings. The summed E-state index contributed by atoms with van der Waals surface area (Å²) in [5.41, 5.74) is 1.50. The van der Waals surface area contributed by atoms with Gasteiger partial charge in [-0.1, -0.05) is 23.7 Å². The van der Waals surface area contributed by atoms with Crippen LogP contribution in [-0.2, 0) is 0 Å². The average Bonchev–Trinajstić information content (AvgIpc) is 2.19. The second kappa shape index (κ2) is 3.64. The molecule has 0 aliphatic carbocycles. The van der Waals surface area contributed by atoms with Crippen LogP contribution in [0.4, 0.5) is 0 Å². The molecule has 70 valence electrons. The number of rotatable bonds is 1. The second-order valence-electron chi connectivity index (χ2n) is 2.84. The van der Waals surface area contributed by atoms with Crippen molar-refractivity contribution in [2.24, 2.45) is 0 Å². The van der Waals surface area contributed by atoms with Crippen LogP contribution in [0.25, 0.3) is 11.1 Å². The van der Waals surface area contributed by atoms with Gasteiger partial charge in [0.05, 0.1) is 6.20 Å². The molecular weight excluding hydrogens is 200 g/mol. The monoisotopic (exact) mass is 206 g/mol. The van der Waals surface area contributed by atoms with Gasteiger partial charge in [0.15, 0.2) is 0 Å². The molecule has 0 bridgehead atoms. The van der Waals surface area contributed by atoms with E-state index in [0.29, 0.717) is 5.02 Å². The Kier molecular flexibility index (Phi) is 2.33. The van der Waals surface area contributed by atoms with Gasteiger partial charge in [-0.15, -0.1) is 0 Å². The molecule has 0 aliphatic rings. The van der Waals surface area contributed by atoms with E-state index in [1.54, 1.807) is 18.3 Å². The number of aromatic nitrogens is 2. The normalized spacial score (nSPS) is 10.1. The van der Waals surface area contributed by atoms with E-state index in [9.17, 15) is 4.79 Å².